The van der Waals surface area contributed by atoms with Gasteiger partial charge in [-0.05, 0) is 37.3 Å². The SMILES string of the molecule is CC(=O)N1c2ccccc2[C@H](Nc2nc(C)co2)[C@@H](C)[C@@H]1C1CC1. The largest absolute Gasteiger partial charge is 0.432 e. The maximum Gasteiger partial charge on any atom is 0.295 e. The quantitative estimate of drug-likeness (QED) is 0.929. The molecule has 1 saturated carbocycles. The second-order valence-corrected chi connectivity index (χ2v) is 7.05. The van der Waals surface area contributed by atoms with E-state index >= 15 is 0 Å². The van der Waals surface area contributed by atoms with Crippen LogP contribution in [0.15, 0.2) is 34.9 Å². The highest BCUT2D eigenvalue weighted by molar-refractivity contribution is 5.94. The average Bonchev–Trinajstić information content (AvgIpc) is 3.31. The minimum Gasteiger partial charge on any atom is -0.432 e. The van der Waals surface area contributed by atoms with Gasteiger partial charge in [0.05, 0.1) is 11.7 Å². The van der Waals surface area contributed by atoms with Crippen LogP contribution in [0.4, 0.5) is 11.7 Å². The second kappa shape index (κ2) is 5.65. The van der Waals surface area contributed by atoms with Crippen molar-refractivity contribution in [1.82, 2.24) is 4.98 Å². The Hall–Kier alpha value is -2.30. The Bertz CT molecular complexity index is 765. The van der Waals surface area contributed by atoms with Crippen molar-refractivity contribution in [2.75, 3.05) is 10.2 Å². The fourth-order valence-corrected chi connectivity index (χ4v) is 4.07. The summed E-state index contributed by atoms with van der Waals surface area (Å²) in [5.41, 5.74) is 3.01. The van der Waals surface area contributed by atoms with E-state index in [1.165, 1.54) is 12.8 Å². The van der Waals surface area contributed by atoms with Crippen LogP contribution in [0.25, 0.3) is 0 Å². The summed E-state index contributed by atoms with van der Waals surface area (Å²) in [6, 6.07) is 9.03. The first kappa shape index (κ1) is 15.2. The molecule has 1 amide bonds. The van der Waals surface area contributed by atoms with Crippen molar-refractivity contribution < 1.29 is 9.21 Å². The van der Waals surface area contributed by atoms with Gasteiger partial charge in [0.1, 0.15) is 6.26 Å². The molecule has 0 unspecified atom stereocenters. The van der Waals surface area contributed by atoms with Gasteiger partial charge in [0.25, 0.3) is 6.01 Å². The van der Waals surface area contributed by atoms with Gasteiger partial charge in [0.15, 0.2) is 0 Å². The third kappa shape index (κ3) is 2.48. The molecular formula is C19H23N3O2. The van der Waals surface area contributed by atoms with Crippen LogP contribution in [0.2, 0.25) is 0 Å². The van der Waals surface area contributed by atoms with E-state index in [0.29, 0.717) is 11.9 Å². The van der Waals surface area contributed by atoms with Crippen molar-refractivity contribution >= 4 is 17.6 Å². The molecule has 2 aromatic rings. The van der Waals surface area contributed by atoms with Crippen molar-refractivity contribution in [2.45, 2.75) is 45.7 Å². The number of anilines is 2. The summed E-state index contributed by atoms with van der Waals surface area (Å²) >= 11 is 0. The molecule has 24 heavy (non-hydrogen) atoms. The van der Waals surface area contributed by atoms with Gasteiger partial charge in [-0.25, -0.2) is 0 Å². The number of carbonyl (C=O) groups excluding carboxylic acids is 1. The van der Waals surface area contributed by atoms with Crippen molar-refractivity contribution in [3.05, 3.63) is 41.8 Å². The summed E-state index contributed by atoms with van der Waals surface area (Å²) in [5, 5.41) is 3.46. The highest BCUT2D eigenvalue weighted by Gasteiger charge is 2.47. The monoisotopic (exact) mass is 325 g/mol. The molecule has 5 nitrogen and oxygen atoms in total. The first-order valence-corrected chi connectivity index (χ1v) is 8.63. The number of fused-ring (bicyclic) bond motifs is 1. The maximum atomic E-state index is 12.4. The fourth-order valence-electron chi connectivity index (χ4n) is 4.07. The molecule has 1 aliphatic carbocycles. The average molecular weight is 325 g/mol. The van der Waals surface area contributed by atoms with E-state index in [1.807, 2.05) is 30.0 Å². The highest BCUT2D eigenvalue weighted by Crippen LogP contribution is 2.49. The summed E-state index contributed by atoms with van der Waals surface area (Å²) < 4.78 is 5.51. The molecule has 3 atom stereocenters. The van der Waals surface area contributed by atoms with E-state index in [2.05, 4.69) is 23.3 Å². The Labute approximate surface area is 142 Å². The first-order chi connectivity index (χ1) is 11.6. The number of benzene rings is 1. The van der Waals surface area contributed by atoms with Crippen LogP contribution in [-0.2, 0) is 4.79 Å². The molecule has 1 N–H and O–H groups in total. The molecule has 0 saturated heterocycles. The molecule has 4 rings (SSSR count). The number of carbonyl (C=O) groups is 1. The van der Waals surface area contributed by atoms with Crippen LogP contribution in [-0.4, -0.2) is 16.9 Å². The predicted molar refractivity (Wildman–Crippen MR) is 92.9 cm³/mol. The Balaban J connectivity index is 1.77. The van der Waals surface area contributed by atoms with Gasteiger partial charge < -0.3 is 14.6 Å². The predicted octanol–water partition coefficient (Wildman–Crippen LogP) is 3.92. The first-order valence-electron chi connectivity index (χ1n) is 8.63. The van der Waals surface area contributed by atoms with Crippen molar-refractivity contribution in [3.63, 3.8) is 0 Å². The molecule has 0 bridgehead atoms. The molecule has 1 aromatic carbocycles. The van der Waals surface area contributed by atoms with E-state index < -0.39 is 0 Å². The number of aryl methyl sites for hydroxylation is 1. The second-order valence-electron chi connectivity index (χ2n) is 7.05. The number of hydrogen-bond acceptors (Lipinski definition) is 4. The third-order valence-electron chi connectivity index (χ3n) is 5.24. The maximum absolute atomic E-state index is 12.4. The van der Waals surface area contributed by atoms with Crippen LogP contribution >= 0.6 is 0 Å². The van der Waals surface area contributed by atoms with Gasteiger partial charge in [0.2, 0.25) is 5.91 Å². The number of nitrogens with one attached hydrogen (secondary N) is 1. The van der Waals surface area contributed by atoms with Crippen LogP contribution in [0, 0.1) is 18.8 Å². The van der Waals surface area contributed by atoms with E-state index in [0.717, 1.165) is 16.9 Å². The molecule has 5 heteroatoms. The van der Waals surface area contributed by atoms with Crippen molar-refractivity contribution in [1.29, 1.82) is 0 Å². The van der Waals surface area contributed by atoms with E-state index in [9.17, 15) is 4.79 Å². The smallest absolute Gasteiger partial charge is 0.295 e. The lowest BCUT2D eigenvalue weighted by atomic mass is 9.80. The molecule has 126 valence electrons. The molecular weight excluding hydrogens is 302 g/mol. The van der Waals surface area contributed by atoms with E-state index in [-0.39, 0.29) is 23.9 Å². The zero-order valence-electron chi connectivity index (χ0n) is 14.3. The normalized spacial score (nSPS) is 26.1. The lowest BCUT2D eigenvalue weighted by molar-refractivity contribution is -0.117. The fraction of sp³-hybridized carbons (Fsp3) is 0.474. The van der Waals surface area contributed by atoms with Crippen LogP contribution in [0.1, 0.15) is 44.0 Å². The number of nitrogens with zero attached hydrogens (tertiary/aromatic N) is 2. The standard InChI is InChI=1S/C19H23N3O2/c1-11-10-24-19(20-11)21-17-12(2)18(14-8-9-14)22(13(3)23)16-7-5-4-6-15(16)17/h4-7,10,12,14,17-18H,8-9H2,1-3H3,(H,20,21)/t12-,17-,18-/m1/s1. The number of para-hydroxylation sites is 1. The number of oxazole rings is 1. The van der Waals surface area contributed by atoms with Gasteiger partial charge in [0, 0.05) is 24.6 Å². The van der Waals surface area contributed by atoms with Gasteiger partial charge in [-0.15, -0.1) is 0 Å². The van der Waals surface area contributed by atoms with Gasteiger partial charge in [-0.3, -0.25) is 4.79 Å². The summed E-state index contributed by atoms with van der Waals surface area (Å²) in [4.78, 5) is 18.8. The van der Waals surface area contributed by atoms with E-state index in [1.54, 1.807) is 13.2 Å². The molecule has 1 aromatic heterocycles. The topological polar surface area (TPSA) is 58.4 Å². The Morgan fingerprint density at radius 1 is 1.33 bits per heavy atom. The summed E-state index contributed by atoms with van der Waals surface area (Å²) in [6.07, 6.45) is 4.06. The minimum absolute atomic E-state index is 0.0837. The summed E-state index contributed by atoms with van der Waals surface area (Å²) in [7, 11) is 0. The van der Waals surface area contributed by atoms with Crippen molar-refractivity contribution in [2.24, 2.45) is 11.8 Å². The number of amides is 1. The van der Waals surface area contributed by atoms with Gasteiger partial charge in [-0.1, -0.05) is 25.1 Å². The molecule has 2 heterocycles. The van der Waals surface area contributed by atoms with Crippen LogP contribution in [0.5, 0.6) is 0 Å². The molecule has 1 fully saturated rings. The Morgan fingerprint density at radius 2 is 2.08 bits per heavy atom. The number of rotatable bonds is 3. The van der Waals surface area contributed by atoms with Crippen LogP contribution < -0.4 is 10.2 Å². The lowest BCUT2D eigenvalue weighted by Crippen LogP contribution is -2.51. The van der Waals surface area contributed by atoms with Crippen molar-refractivity contribution in [3.8, 4) is 0 Å². The molecule has 0 radical (unpaired) electrons. The Kier molecular flexibility index (Phi) is 3.59. The molecule has 0 spiro atoms. The van der Waals surface area contributed by atoms with E-state index in [4.69, 9.17) is 4.42 Å². The molecule has 2 aliphatic rings. The molecule has 1 aliphatic heterocycles. The number of aromatic nitrogens is 1. The Morgan fingerprint density at radius 3 is 2.71 bits per heavy atom. The third-order valence-corrected chi connectivity index (χ3v) is 5.24. The number of hydrogen-bond donors (Lipinski definition) is 1. The summed E-state index contributed by atoms with van der Waals surface area (Å²) in [5.74, 6) is 0.993. The summed E-state index contributed by atoms with van der Waals surface area (Å²) in [6.45, 7) is 5.81. The lowest BCUT2D eigenvalue weighted by Gasteiger charge is -2.45. The minimum atomic E-state index is 0.0837. The zero-order valence-corrected chi connectivity index (χ0v) is 14.3. The zero-order chi connectivity index (χ0) is 16.8. The van der Waals surface area contributed by atoms with Gasteiger partial charge >= 0.3 is 0 Å². The van der Waals surface area contributed by atoms with Crippen LogP contribution in [0.3, 0.4) is 0 Å². The highest BCUT2D eigenvalue weighted by atomic mass is 16.4. The van der Waals surface area contributed by atoms with Gasteiger partial charge in [-0.2, -0.15) is 4.98 Å².